The van der Waals surface area contributed by atoms with Gasteiger partial charge in [0.25, 0.3) is 5.91 Å². The van der Waals surface area contributed by atoms with Gasteiger partial charge in [0.2, 0.25) is 5.91 Å². The van der Waals surface area contributed by atoms with Crippen LogP contribution in [0.3, 0.4) is 0 Å². The Kier molecular flexibility index (Phi) is 7.03. The van der Waals surface area contributed by atoms with Crippen molar-refractivity contribution < 1.29 is 9.59 Å². The van der Waals surface area contributed by atoms with Crippen molar-refractivity contribution in [1.82, 2.24) is 10.2 Å². The van der Waals surface area contributed by atoms with E-state index in [-0.39, 0.29) is 11.8 Å². The van der Waals surface area contributed by atoms with Gasteiger partial charge in [-0.05, 0) is 56.0 Å². The van der Waals surface area contributed by atoms with Gasteiger partial charge in [0, 0.05) is 36.8 Å². The van der Waals surface area contributed by atoms with Crippen molar-refractivity contribution in [3.05, 3.63) is 65.7 Å². The molecule has 2 heterocycles. The fraction of sp³-hybridized carbons (Fsp3) is 0.462. The number of carbonyl (C=O) groups is 2. The van der Waals surface area contributed by atoms with Crippen molar-refractivity contribution in [2.45, 2.75) is 57.5 Å². The molecule has 0 radical (unpaired) electrons. The number of anilines is 1. The molecule has 2 aromatic rings. The minimum absolute atomic E-state index is 0.0637. The Labute approximate surface area is 185 Å². The van der Waals surface area contributed by atoms with Crippen LogP contribution in [0.2, 0.25) is 0 Å². The Morgan fingerprint density at radius 2 is 1.81 bits per heavy atom. The maximum atomic E-state index is 13.3. The average Bonchev–Trinajstić information content (AvgIpc) is 3.21. The smallest absolute Gasteiger partial charge is 0.259 e. The number of fused-ring (bicyclic) bond motifs is 1. The van der Waals surface area contributed by atoms with Crippen molar-refractivity contribution in [3.8, 4) is 0 Å². The summed E-state index contributed by atoms with van der Waals surface area (Å²) in [7, 11) is 0. The first-order valence-electron chi connectivity index (χ1n) is 11.7. The van der Waals surface area contributed by atoms with Gasteiger partial charge >= 0.3 is 0 Å². The summed E-state index contributed by atoms with van der Waals surface area (Å²) >= 11 is 0. The average molecular weight is 420 g/mol. The van der Waals surface area contributed by atoms with E-state index in [0.29, 0.717) is 24.6 Å². The molecule has 1 fully saturated rings. The number of nitrogens with zero attached hydrogens (tertiary/aromatic N) is 2. The Morgan fingerprint density at radius 1 is 1.03 bits per heavy atom. The number of hydrogen-bond donors (Lipinski definition) is 1. The lowest BCUT2D eigenvalue weighted by Crippen LogP contribution is -2.48. The summed E-state index contributed by atoms with van der Waals surface area (Å²) in [5.41, 5.74) is 2.49. The highest BCUT2D eigenvalue weighted by Crippen LogP contribution is 2.33. The highest BCUT2D eigenvalue weighted by atomic mass is 16.2. The lowest BCUT2D eigenvalue weighted by atomic mass is 10.00. The summed E-state index contributed by atoms with van der Waals surface area (Å²) in [4.78, 5) is 30.6. The van der Waals surface area contributed by atoms with E-state index in [1.807, 2.05) is 42.5 Å². The molecular weight excluding hydrogens is 386 g/mol. The third-order valence-corrected chi connectivity index (χ3v) is 6.66. The lowest BCUT2D eigenvalue weighted by Gasteiger charge is -2.35. The summed E-state index contributed by atoms with van der Waals surface area (Å²) in [5, 5.41) is 3.11. The second kappa shape index (κ2) is 10.1. The van der Waals surface area contributed by atoms with E-state index in [2.05, 4.69) is 17.1 Å². The standard InChI is InChI=1S/C26H33N3O2/c1-2-22-14-8-9-17-28(22)18-10-16-27-25(30)24-19-21-13-6-7-15-23(21)29(24)26(31)20-11-4-3-5-12-20/h3-7,11-13,15,22,24H,2,8-10,14,16-19H2,1H3,(H,27,30)/t22-,24+/m1/s1. The Balaban J connectivity index is 1.39. The summed E-state index contributed by atoms with van der Waals surface area (Å²) in [6, 6.07) is 17.2. The first kappa shape index (κ1) is 21.6. The van der Waals surface area contributed by atoms with E-state index >= 15 is 0 Å². The molecule has 2 aromatic carbocycles. The molecule has 0 aliphatic carbocycles. The molecule has 1 saturated heterocycles. The molecule has 2 aliphatic rings. The van der Waals surface area contributed by atoms with Crippen LogP contribution in [-0.4, -0.2) is 48.4 Å². The van der Waals surface area contributed by atoms with E-state index in [4.69, 9.17) is 0 Å². The van der Waals surface area contributed by atoms with Crippen LogP contribution in [-0.2, 0) is 11.2 Å². The summed E-state index contributed by atoms with van der Waals surface area (Å²) in [6.07, 6.45) is 6.60. The van der Waals surface area contributed by atoms with Crippen LogP contribution in [0, 0.1) is 0 Å². The zero-order chi connectivity index (χ0) is 21.6. The molecular formula is C26H33N3O2. The van der Waals surface area contributed by atoms with Gasteiger partial charge in [0.05, 0.1) is 0 Å². The second-order valence-corrected chi connectivity index (χ2v) is 8.63. The molecule has 4 rings (SSSR count). The van der Waals surface area contributed by atoms with Crippen LogP contribution in [0.25, 0.3) is 0 Å². The molecule has 164 valence electrons. The predicted octanol–water partition coefficient (Wildman–Crippen LogP) is 4.03. The second-order valence-electron chi connectivity index (χ2n) is 8.63. The van der Waals surface area contributed by atoms with Crippen LogP contribution in [0.15, 0.2) is 54.6 Å². The monoisotopic (exact) mass is 419 g/mol. The van der Waals surface area contributed by atoms with Crippen LogP contribution >= 0.6 is 0 Å². The molecule has 0 saturated carbocycles. The fourth-order valence-corrected chi connectivity index (χ4v) is 4.99. The van der Waals surface area contributed by atoms with Gasteiger partial charge in [0.15, 0.2) is 0 Å². The Morgan fingerprint density at radius 3 is 2.61 bits per heavy atom. The van der Waals surface area contributed by atoms with Crippen LogP contribution in [0.1, 0.15) is 54.9 Å². The first-order valence-corrected chi connectivity index (χ1v) is 11.7. The highest BCUT2D eigenvalue weighted by molar-refractivity contribution is 6.11. The minimum atomic E-state index is -0.497. The Bertz CT molecular complexity index is 899. The van der Waals surface area contributed by atoms with Crippen LogP contribution in [0.4, 0.5) is 5.69 Å². The van der Waals surface area contributed by atoms with Gasteiger partial charge in [0.1, 0.15) is 6.04 Å². The molecule has 2 atom stereocenters. The zero-order valence-corrected chi connectivity index (χ0v) is 18.4. The number of rotatable bonds is 7. The third kappa shape index (κ3) is 4.82. The quantitative estimate of drug-likeness (QED) is 0.690. The largest absolute Gasteiger partial charge is 0.354 e. The van der Waals surface area contributed by atoms with E-state index in [9.17, 15) is 9.59 Å². The van der Waals surface area contributed by atoms with Gasteiger partial charge in [-0.25, -0.2) is 0 Å². The van der Waals surface area contributed by atoms with Gasteiger partial charge in [-0.15, -0.1) is 0 Å². The number of amides is 2. The number of carbonyl (C=O) groups excluding carboxylic acids is 2. The Hall–Kier alpha value is -2.66. The predicted molar refractivity (Wildman–Crippen MR) is 124 cm³/mol. The normalized spacial score (nSPS) is 21.0. The maximum absolute atomic E-state index is 13.3. The van der Waals surface area contributed by atoms with E-state index in [1.165, 1.54) is 32.2 Å². The number of para-hydroxylation sites is 1. The van der Waals surface area contributed by atoms with Crippen LogP contribution in [0.5, 0.6) is 0 Å². The third-order valence-electron chi connectivity index (χ3n) is 6.66. The van der Waals surface area contributed by atoms with Gasteiger partial charge in [-0.1, -0.05) is 49.7 Å². The molecule has 0 aromatic heterocycles. The van der Waals surface area contributed by atoms with Crippen molar-refractivity contribution in [1.29, 1.82) is 0 Å². The minimum Gasteiger partial charge on any atom is -0.354 e. The van der Waals surface area contributed by atoms with Crippen molar-refractivity contribution in [2.24, 2.45) is 0 Å². The van der Waals surface area contributed by atoms with Crippen molar-refractivity contribution in [2.75, 3.05) is 24.5 Å². The molecule has 1 N–H and O–H groups in total. The summed E-state index contributed by atoms with van der Waals surface area (Å²) < 4.78 is 0. The van der Waals surface area contributed by atoms with Crippen LogP contribution < -0.4 is 10.2 Å². The van der Waals surface area contributed by atoms with Crippen molar-refractivity contribution >= 4 is 17.5 Å². The number of likely N-dealkylation sites (tertiary alicyclic amines) is 1. The molecule has 0 unspecified atom stereocenters. The fourth-order valence-electron chi connectivity index (χ4n) is 4.99. The molecule has 5 heteroatoms. The zero-order valence-electron chi connectivity index (χ0n) is 18.4. The number of piperidine rings is 1. The van der Waals surface area contributed by atoms with E-state index in [1.54, 1.807) is 17.0 Å². The van der Waals surface area contributed by atoms with Gasteiger partial charge in [-0.2, -0.15) is 0 Å². The lowest BCUT2D eigenvalue weighted by molar-refractivity contribution is -0.122. The maximum Gasteiger partial charge on any atom is 0.259 e. The van der Waals surface area contributed by atoms with E-state index < -0.39 is 6.04 Å². The highest BCUT2D eigenvalue weighted by Gasteiger charge is 2.38. The molecule has 0 bridgehead atoms. The first-order chi connectivity index (χ1) is 15.2. The SMILES string of the molecule is CC[C@@H]1CCCCN1CCCNC(=O)[C@@H]1Cc2ccccc2N1C(=O)c1ccccc1. The molecule has 2 amide bonds. The molecule has 5 nitrogen and oxygen atoms in total. The topological polar surface area (TPSA) is 52.7 Å². The van der Waals surface area contributed by atoms with Gasteiger partial charge in [-0.3, -0.25) is 14.5 Å². The van der Waals surface area contributed by atoms with Gasteiger partial charge < -0.3 is 10.2 Å². The van der Waals surface area contributed by atoms with E-state index in [0.717, 1.165) is 24.2 Å². The molecule has 2 aliphatic heterocycles. The number of hydrogen-bond acceptors (Lipinski definition) is 3. The molecule has 0 spiro atoms. The summed E-state index contributed by atoms with van der Waals surface area (Å²) in [5.74, 6) is -0.184. The summed E-state index contributed by atoms with van der Waals surface area (Å²) in [6.45, 7) is 5.10. The molecule has 31 heavy (non-hydrogen) atoms. The number of nitrogens with one attached hydrogen (secondary N) is 1. The van der Waals surface area contributed by atoms with Crippen molar-refractivity contribution in [3.63, 3.8) is 0 Å². The number of benzene rings is 2.